The van der Waals surface area contributed by atoms with Gasteiger partial charge in [0.2, 0.25) is 0 Å². The van der Waals surface area contributed by atoms with Crippen molar-refractivity contribution in [3.63, 3.8) is 0 Å². The van der Waals surface area contributed by atoms with Crippen molar-refractivity contribution in [3.05, 3.63) is 46.0 Å². The monoisotopic (exact) mass is 304 g/mol. The van der Waals surface area contributed by atoms with Gasteiger partial charge in [-0.25, -0.2) is 4.79 Å². The van der Waals surface area contributed by atoms with Crippen LogP contribution in [-0.4, -0.2) is 40.9 Å². The Bertz CT molecular complexity index is 721. The predicted octanol–water partition coefficient (Wildman–Crippen LogP) is 2.05. The first-order valence-electron chi connectivity index (χ1n) is 6.64. The quantitative estimate of drug-likeness (QED) is 0.326. The molecule has 0 aliphatic carbocycles. The molecule has 22 heavy (non-hydrogen) atoms. The number of aliphatic hydroxyl groups excluding tert-OH is 2. The predicted molar refractivity (Wildman–Crippen MR) is 79.2 cm³/mol. The maximum Gasteiger partial charge on any atom is 0.340 e. The van der Waals surface area contributed by atoms with Crippen LogP contribution < -0.4 is 0 Å². The second-order valence-electron chi connectivity index (χ2n) is 4.75. The second kappa shape index (κ2) is 6.95. The molecule has 2 atom stereocenters. The number of hydrogen-bond donors (Lipinski definition) is 3. The molecule has 116 valence electrons. The van der Waals surface area contributed by atoms with E-state index >= 15 is 0 Å². The lowest BCUT2D eigenvalue weighted by atomic mass is 10.00. The van der Waals surface area contributed by atoms with E-state index in [9.17, 15) is 15.0 Å². The van der Waals surface area contributed by atoms with Gasteiger partial charge in [-0.15, -0.1) is 0 Å². The number of esters is 1. The Labute approximate surface area is 126 Å². The number of aliphatic hydroxyl groups is 2. The molecular formula is C14H16N4O4. The second-order valence-corrected chi connectivity index (χ2v) is 4.75. The Hall–Kier alpha value is -2.54. The van der Waals surface area contributed by atoms with Crippen molar-refractivity contribution in [1.82, 2.24) is 4.98 Å². The van der Waals surface area contributed by atoms with Crippen LogP contribution in [0, 0.1) is 0 Å². The molecule has 0 saturated carbocycles. The van der Waals surface area contributed by atoms with Crippen LogP contribution in [0.5, 0.6) is 0 Å². The minimum atomic E-state index is -1.14. The van der Waals surface area contributed by atoms with E-state index in [1.165, 1.54) is 13.3 Å². The number of carbonyl (C=O) groups is 1. The van der Waals surface area contributed by atoms with E-state index < -0.39 is 18.2 Å². The number of methoxy groups -OCH3 is 1. The van der Waals surface area contributed by atoms with E-state index in [1.54, 1.807) is 18.2 Å². The molecule has 8 heteroatoms. The summed E-state index contributed by atoms with van der Waals surface area (Å²) in [4.78, 5) is 17.2. The lowest BCUT2D eigenvalue weighted by molar-refractivity contribution is 0.0151. The van der Waals surface area contributed by atoms with Crippen LogP contribution in [0.25, 0.3) is 21.3 Å². The van der Waals surface area contributed by atoms with E-state index in [2.05, 4.69) is 15.0 Å². The highest BCUT2D eigenvalue weighted by molar-refractivity contribution is 6.04. The number of benzene rings is 1. The smallest absolute Gasteiger partial charge is 0.340 e. The number of fused-ring (bicyclic) bond motifs is 1. The molecule has 2 rings (SSSR count). The van der Waals surface area contributed by atoms with Gasteiger partial charge in [0.1, 0.15) is 6.10 Å². The molecule has 0 bridgehead atoms. The van der Waals surface area contributed by atoms with Gasteiger partial charge in [-0.2, -0.15) is 0 Å². The van der Waals surface area contributed by atoms with Gasteiger partial charge < -0.3 is 19.9 Å². The maximum absolute atomic E-state index is 11.7. The van der Waals surface area contributed by atoms with Crippen LogP contribution in [0.4, 0.5) is 0 Å². The van der Waals surface area contributed by atoms with Crippen molar-refractivity contribution in [1.29, 1.82) is 0 Å². The number of aromatic amines is 1. The lowest BCUT2D eigenvalue weighted by Crippen LogP contribution is -2.19. The fourth-order valence-electron chi connectivity index (χ4n) is 2.22. The number of hydrogen-bond acceptors (Lipinski definition) is 5. The summed E-state index contributed by atoms with van der Waals surface area (Å²) in [7, 11) is 1.29. The van der Waals surface area contributed by atoms with Crippen molar-refractivity contribution < 1.29 is 19.7 Å². The number of nitrogens with zero attached hydrogens (tertiary/aromatic N) is 3. The van der Waals surface area contributed by atoms with Crippen molar-refractivity contribution in [2.24, 2.45) is 5.11 Å². The summed E-state index contributed by atoms with van der Waals surface area (Å²) in [6, 6.07) is 4.99. The number of azide groups is 1. The SMILES string of the molecule is COC(=O)c1c[nH]c2ccc(C(O)C(O)CCN=[N+]=[N-])cc12. The summed E-state index contributed by atoms with van der Waals surface area (Å²) in [6.07, 6.45) is -0.535. The number of aromatic nitrogens is 1. The fraction of sp³-hybridized carbons (Fsp3) is 0.357. The molecule has 8 nitrogen and oxygen atoms in total. The van der Waals surface area contributed by atoms with Crippen LogP contribution in [0.3, 0.4) is 0 Å². The van der Waals surface area contributed by atoms with Gasteiger partial charge >= 0.3 is 5.97 Å². The third-order valence-corrected chi connectivity index (χ3v) is 3.41. The van der Waals surface area contributed by atoms with Crippen LogP contribution in [-0.2, 0) is 4.74 Å². The maximum atomic E-state index is 11.7. The molecule has 0 aliphatic rings. The first-order valence-corrected chi connectivity index (χ1v) is 6.64. The summed E-state index contributed by atoms with van der Waals surface area (Å²) in [6.45, 7) is 0.0918. The largest absolute Gasteiger partial charge is 0.465 e. The Morgan fingerprint density at radius 3 is 2.95 bits per heavy atom. The number of rotatable bonds is 6. The summed E-state index contributed by atoms with van der Waals surface area (Å²) in [5.41, 5.74) is 9.74. The van der Waals surface area contributed by atoms with Crippen molar-refractivity contribution >= 4 is 16.9 Å². The first kappa shape index (κ1) is 15.8. The highest BCUT2D eigenvalue weighted by atomic mass is 16.5. The zero-order chi connectivity index (χ0) is 16.1. The number of ether oxygens (including phenoxy) is 1. The number of H-pyrrole nitrogens is 1. The van der Waals surface area contributed by atoms with Gasteiger partial charge in [0.25, 0.3) is 0 Å². The van der Waals surface area contributed by atoms with Gasteiger partial charge in [-0.1, -0.05) is 11.2 Å². The summed E-state index contributed by atoms with van der Waals surface area (Å²) in [5.74, 6) is -0.484. The molecule has 0 radical (unpaired) electrons. The van der Waals surface area contributed by atoms with E-state index in [4.69, 9.17) is 10.3 Å². The van der Waals surface area contributed by atoms with E-state index in [0.29, 0.717) is 16.5 Å². The van der Waals surface area contributed by atoms with Gasteiger partial charge in [0.05, 0.1) is 18.8 Å². The Kier molecular flexibility index (Phi) is 5.00. The summed E-state index contributed by atoms with van der Waals surface area (Å²) < 4.78 is 4.70. The van der Waals surface area contributed by atoms with Gasteiger partial charge in [0.15, 0.2) is 0 Å². The van der Waals surface area contributed by atoms with Crippen LogP contribution in [0.2, 0.25) is 0 Å². The summed E-state index contributed by atoms with van der Waals surface area (Å²) >= 11 is 0. The zero-order valence-corrected chi connectivity index (χ0v) is 11.9. The number of nitrogens with one attached hydrogen (secondary N) is 1. The third-order valence-electron chi connectivity index (χ3n) is 3.41. The molecule has 0 fully saturated rings. The molecular weight excluding hydrogens is 288 g/mol. The fourth-order valence-corrected chi connectivity index (χ4v) is 2.22. The van der Waals surface area contributed by atoms with E-state index in [1.807, 2.05) is 0 Å². The van der Waals surface area contributed by atoms with Gasteiger partial charge in [-0.05, 0) is 29.6 Å². The van der Waals surface area contributed by atoms with Gasteiger partial charge in [-0.3, -0.25) is 0 Å². The van der Waals surface area contributed by atoms with Crippen molar-refractivity contribution in [3.8, 4) is 0 Å². The topological polar surface area (TPSA) is 131 Å². The van der Waals surface area contributed by atoms with Crippen LogP contribution >= 0.6 is 0 Å². The molecule has 1 aromatic carbocycles. The molecule has 0 amide bonds. The molecule has 1 aromatic heterocycles. The average Bonchev–Trinajstić information content (AvgIpc) is 2.96. The lowest BCUT2D eigenvalue weighted by Gasteiger charge is -2.17. The third kappa shape index (κ3) is 3.20. The summed E-state index contributed by atoms with van der Waals surface area (Å²) in [5, 5.41) is 24.0. The highest BCUT2D eigenvalue weighted by Gasteiger charge is 2.20. The Morgan fingerprint density at radius 1 is 1.50 bits per heavy atom. The minimum absolute atomic E-state index is 0.0918. The standard InChI is InChI=1S/C14H16N4O4/c1-22-14(21)10-7-16-11-3-2-8(6-9(10)11)13(20)12(19)4-5-17-18-15/h2-3,6-7,12-13,16,19-20H,4-5H2,1H3. The molecule has 0 saturated heterocycles. The van der Waals surface area contributed by atoms with E-state index in [-0.39, 0.29) is 13.0 Å². The minimum Gasteiger partial charge on any atom is -0.465 e. The normalized spacial score (nSPS) is 13.4. The average molecular weight is 304 g/mol. The van der Waals surface area contributed by atoms with Crippen LogP contribution in [0.1, 0.15) is 28.4 Å². The van der Waals surface area contributed by atoms with Gasteiger partial charge in [0, 0.05) is 28.6 Å². The Balaban J connectivity index is 2.27. The van der Waals surface area contributed by atoms with Crippen molar-refractivity contribution in [2.45, 2.75) is 18.6 Å². The molecule has 0 spiro atoms. The molecule has 0 aliphatic heterocycles. The molecule has 2 aromatic rings. The molecule has 2 unspecified atom stereocenters. The zero-order valence-electron chi connectivity index (χ0n) is 11.9. The number of carbonyl (C=O) groups excluding carboxylic acids is 1. The van der Waals surface area contributed by atoms with E-state index in [0.717, 1.165) is 5.52 Å². The highest BCUT2D eigenvalue weighted by Crippen LogP contribution is 2.26. The first-order chi connectivity index (χ1) is 10.6. The molecule has 1 heterocycles. The van der Waals surface area contributed by atoms with Crippen molar-refractivity contribution in [2.75, 3.05) is 13.7 Å². The Morgan fingerprint density at radius 2 is 2.27 bits per heavy atom. The molecule has 3 N–H and O–H groups in total. The van der Waals surface area contributed by atoms with Crippen LogP contribution in [0.15, 0.2) is 29.5 Å².